The van der Waals surface area contributed by atoms with E-state index in [1.165, 1.54) is 7.11 Å². The van der Waals surface area contributed by atoms with Crippen molar-refractivity contribution < 1.29 is 9.53 Å². The fourth-order valence-corrected chi connectivity index (χ4v) is 2.22. The van der Waals surface area contributed by atoms with Crippen molar-refractivity contribution in [3.05, 3.63) is 52.7 Å². The second kappa shape index (κ2) is 5.18. The summed E-state index contributed by atoms with van der Waals surface area (Å²) >= 11 is 0. The van der Waals surface area contributed by atoms with Gasteiger partial charge < -0.3 is 15.0 Å². The molecule has 0 aliphatic rings. The highest BCUT2D eigenvalue weighted by atomic mass is 16.5. The molecule has 0 fully saturated rings. The van der Waals surface area contributed by atoms with Crippen molar-refractivity contribution in [1.29, 1.82) is 0 Å². The van der Waals surface area contributed by atoms with E-state index in [2.05, 4.69) is 0 Å². The number of hydrogen-bond donors (Lipinski definition) is 1. The van der Waals surface area contributed by atoms with Gasteiger partial charge in [-0.2, -0.15) is 0 Å². The fourth-order valence-electron chi connectivity index (χ4n) is 2.22. The van der Waals surface area contributed by atoms with Gasteiger partial charge >= 0.3 is 5.97 Å². The van der Waals surface area contributed by atoms with Crippen molar-refractivity contribution in [1.82, 2.24) is 4.57 Å². The van der Waals surface area contributed by atoms with Crippen LogP contribution in [0.5, 0.6) is 0 Å². The first-order valence-corrected chi connectivity index (χ1v) is 6.13. The molecule has 0 aliphatic heterocycles. The summed E-state index contributed by atoms with van der Waals surface area (Å²) in [6, 6.07) is 10.0. The van der Waals surface area contributed by atoms with Crippen LogP contribution < -0.4 is 5.73 Å². The average Bonchev–Trinajstić information content (AvgIpc) is 2.63. The Kier molecular flexibility index (Phi) is 3.60. The number of nitrogen functional groups attached to an aromatic ring is 1. The van der Waals surface area contributed by atoms with E-state index in [1.807, 2.05) is 48.7 Å². The number of carbonyl (C=O) groups is 1. The Balaban J connectivity index is 2.45. The molecule has 19 heavy (non-hydrogen) atoms. The maximum Gasteiger partial charge on any atom is 0.341 e. The molecule has 2 rings (SSSR count). The summed E-state index contributed by atoms with van der Waals surface area (Å²) in [4.78, 5) is 11.8. The molecule has 0 amide bonds. The number of carbonyl (C=O) groups excluding carboxylic acids is 1. The van der Waals surface area contributed by atoms with Crippen molar-refractivity contribution >= 4 is 11.8 Å². The molecule has 1 aromatic heterocycles. The molecular weight excluding hydrogens is 240 g/mol. The number of aromatic nitrogens is 1. The van der Waals surface area contributed by atoms with Gasteiger partial charge in [-0.25, -0.2) is 4.79 Å². The van der Waals surface area contributed by atoms with Crippen LogP contribution in [-0.4, -0.2) is 17.6 Å². The fraction of sp³-hybridized carbons (Fsp3) is 0.267. The highest BCUT2D eigenvalue weighted by Crippen LogP contribution is 2.26. The van der Waals surface area contributed by atoms with Crippen molar-refractivity contribution in [3.63, 3.8) is 0 Å². The van der Waals surface area contributed by atoms with E-state index in [1.54, 1.807) is 0 Å². The molecule has 0 spiro atoms. The first-order chi connectivity index (χ1) is 9.06. The van der Waals surface area contributed by atoms with Gasteiger partial charge in [-0.1, -0.05) is 30.3 Å². The van der Waals surface area contributed by atoms with E-state index < -0.39 is 0 Å². The van der Waals surface area contributed by atoms with Gasteiger partial charge in [-0.15, -0.1) is 0 Å². The van der Waals surface area contributed by atoms with E-state index in [0.717, 1.165) is 16.8 Å². The third kappa shape index (κ3) is 2.34. The van der Waals surface area contributed by atoms with Gasteiger partial charge in [0.25, 0.3) is 0 Å². The van der Waals surface area contributed by atoms with E-state index >= 15 is 0 Å². The normalized spacial score (nSPS) is 10.5. The molecule has 4 nitrogen and oxygen atoms in total. The standard InChI is InChI=1S/C15H18N2O2/c1-10-11(2)17(9-12-7-5-4-6-8-12)14(16)13(10)15(18)19-3/h4-8H,9,16H2,1-3H3. The molecule has 0 aliphatic carbocycles. The first-order valence-electron chi connectivity index (χ1n) is 6.13. The van der Waals surface area contributed by atoms with Crippen LogP contribution in [-0.2, 0) is 11.3 Å². The summed E-state index contributed by atoms with van der Waals surface area (Å²) < 4.78 is 6.73. The van der Waals surface area contributed by atoms with Crippen molar-refractivity contribution in [2.45, 2.75) is 20.4 Å². The topological polar surface area (TPSA) is 57.2 Å². The number of methoxy groups -OCH3 is 1. The lowest BCUT2D eigenvalue weighted by atomic mass is 10.1. The molecular formula is C15H18N2O2. The molecule has 2 aromatic rings. The number of hydrogen-bond acceptors (Lipinski definition) is 3. The summed E-state index contributed by atoms with van der Waals surface area (Å²) in [5, 5.41) is 0. The zero-order chi connectivity index (χ0) is 14.0. The van der Waals surface area contributed by atoms with Gasteiger partial charge in [-0.05, 0) is 25.0 Å². The molecule has 4 heteroatoms. The second-order valence-corrected chi connectivity index (χ2v) is 4.53. The van der Waals surface area contributed by atoms with Crippen LogP contribution >= 0.6 is 0 Å². The Morgan fingerprint density at radius 3 is 2.47 bits per heavy atom. The van der Waals surface area contributed by atoms with Crippen LogP contribution in [0.4, 0.5) is 5.82 Å². The summed E-state index contributed by atoms with van der Waals surface area (Å²) in [6.45, 7) is 4.50. The van der Waals surface area contributed by atoms with E-state index in [4.69, 9.17) is 10.5 Å². The van der Waals surface area contributed by atoms with Gasteiger partial charge in [0.05, 0.1) is 7.11 Å². The lowest BCUT2D eigenvalue weighted by Crippen LogP contribution is -2.09. The van der Waals surface area contributed by atoms with E-state index in [9.17, 15) is 4.79 Å². The van der Waals surface area contributed by atoms with Gasteiger partial charge in [-0.3, -0.25) is 0 Å². The Morgan fingerprint density at radius 2 is 1.89 bits per heavy atom. The van der Waals surface area contributed by atoms with Crippen molar-refractivity contribution in [3.8, 4) is 0 Å². The van der Waals surface area contributed by atoms with Gasteiger partial charge in [0.1, 0.15) is 11.4 Å². The molecule has 0 radical (unpaired) electrons. The number of rotatable bonds is 3. The number of benzene rings is 1. The summed E-state index contributed by atoms with van der Waals surface area (Å²) in [6.07, 6.45) is 0. The molecule has 2 N–H and O–H groups in total. The van der Waals surface area contributed by atoms with Crippen LogP contribution in [0.3, 0.4) is 0 Å². The zero-order valence-electron chi connectivity index (χ0n) is 11.4. The average molecular weight is 258 g/mol. The number of nitrogens with two attached hydrogens (primary N) is 1. The predicted molar refractivity (Wildman–Crippen MR) is 75.2 cm³/mol. The van der Waals surface area contributed by atoms with Crippen molar-refractivity contribution in [2.75, 3.05) is 12.8 Å². The number of ether oxygens (including phenoxy) is 1. The van der Waals surface area contributed by atoms with Crippen LogP contribution in [0.2, 0.25) is 0 Å². The Morgan fingerprint density at radius 1 is 1.26 bits per heavy atom. The Labute approximate surface area is 112 Å². The molecule has 0 atom stereocenters. The number of anilines is 1. The highest BCUT2D eigenvalue weighted by molar-refractivity contribution is 5.96. The first kappa shape index (κ1) is 13.2. The third-order valence-corrected chi connectivity index (χ3v) is 3.44. The summed E-state index contributed by atoms with van der Waals surface area (Å²) in [5.74, 6) is 0.0793. The Bertz CT molecular complexity index is 600. The predicted octanol–water partition coefficient (Wildman–Crippen LogP) is 2.52. The minimum atomic E-state index is -0.384. The van der Waals surface area contributed by atoms with Crippen LogP contribution in [0, 0.1) is 13.8 Å². The quantitative estimate of drug-likeness (QED) is 0.861. The molecule has 1 aromatic carbocycles. The van der Waals surface area contributed by atoms with Gasteiger partial charge in [0.2, 0.25) is 0 Å². The maximum atomic E-state index is 11.8. The van der Waals surface area contributed by atoms with E-state index in [-0.39, 0.29) is 5.97 Å². The molecule has 0 unspecified atom stereocenters. The van der Waals surface area contributed by atoms with Gasteiger partial charge in [0, 0.05) is 12.2 Å². The van der Waals surface area contributed by atoms with Crippen LogP contribution in [0.1, 0.15) is 27.2 Å². The second-order valence-electron chi connectivity index (χ2n) is 4.53. The van der Waals surface area contributed by atoms with Gasteiger partial charge in [0.15, 0.2) is 0 Å². The van der Waals surface area contributed by atoms with E-state index in [0.29, 0.717) is 17.9 Å². The molecule has 100 valence electrons. The van der Waals surface area contributed by atoms with Crippen LogP contribution in [0.15, 0.2) is 30.3 Å². The van der Waals surface area contributed by atoms with Crippen molar-refractivity contribution in [2.24, 2.45) is 0 Å². The summed E-state index contributed by atoms with van der Waals surface area (Å²) in [5.41, 5.74) is 9.57. The SMILES string of the molecule is COC(=O)c1c(C)c(C)n(Cc2ccccc2)c1N. The molecule has 0 saturated carbocycles. The summed E-state index contributed by atoms with van der Waals surface area (Å²) in [7, 11) is 1.37. The zero-order valence-corrected chi connectivity index (χ0v) is 11.4. The monoisotopic (exact) mass is 258 g/mol. The number of esters is 1. The maximum absolute atomic E-state index is 11.8. The molecule has 0 saturated heterocycles. The van der Waals surface area contributed by atoms with Crippen LogP contribution in [0.25, 0.3) is 0 Å². The minimum absolute atomic E-state index is 0.384. The Hall–Kier alpha value is -2.23. The lowest BCUT2D eigenvalue weighted by Gasteiger charge is -2.09. The molecule has 1 heterocycles. The highest BCUT2D eigenvalue weighted by Gasteiger charge is 2.21. The lowest BCUT2D eigenvalue weighted by molar-refractivity contribution is 0.0601. The smallest absolute Gasteiger partial charge is 0.341 e. The molecule has 0 bridgehead atoms. The minimum Gasteiger partial charge on any atom is -0.465 e. The number of nitrogens with zero attached hydrogens (tertiary/aromatic N) is 1. The largest absolute Gasteiger partial charge is 0.465 e. The third-order valence-electron chi connectivity index (χ3n) is 3.44.